The highest BCUT2D eigenvalue weighted by molar-refractivity contribution is 5.65. The van der Waals surface area contributed by atoms with Gasteiger partial charge in [0.15, 0.2) is 0 Å². The summed E-state index contributed by atoms with van der Waals surface area (Å²) in [5, 5.41) is 11.3. The van der Waals surface area contributed by atoms with Gasteiger partial charge in [0.1, 0.15) is 5.69 Å². The van der Waals surface area contributed by atoms with Gasteiger partial charge in [-0.2, -0.15) is 0 Å². The summed E-state index contributed by atoms with van der Waals surface area (Å²) in [4.78, 5) is 15.4. The van der Waals surface area contributed by atoms with Gasteiger partial charge in [0.2, 0.25) is 0 Å². The van der Waals surface area contributed by atoms with Gasteiger partial charge in [0.25, 0.3) is 5.69 Å². The van der Waals surface area contributed by atoms with Crippen LogP contribution in [0.2, 0.25) is 0 Å². The number of nitro groups is 1. The van der Waals surface area contributed by atoms with Crippen LogP contribution >= 0.6 is 0 Å². The van der Waals surface area contributed by atoms with Crippen molar-refractivity contribution in [2.24, 2.45) is 0 Å². The maximum absolute atomic E-state index is 11.3. The summed E-state index contributed by atoms with van der Waals surface area (Å²) in [6.07, 6.45) is 1.04. The molecule has 0 unspecified atom stereocenters. The van der Waals surface area contributed by atoms with Crippen LogP contribution in [0.25, 0.3) is 0 Å². The van der Waals surface area contributed by atoms with Crippen LogP contribution in [0.5, 0.6) is 0 Å². The Balaban J connectivity index is 2.36. The molecule has 110 valence electrons. The summed E-state index contributed by atoms with van der Waals surface area (Å²) in [7, 11) is 2.10. The molecule has 0 saturated carbocycles. The SMILES string of the molecule is CC(C)c1ccc([N+](=O)[O-])c(N2CCCN(C)CC2)c1. The lowest BCUT2D eigenvalue weighted by molar-refractivity contribution is -0.384. The number of benzene rings is 1. The lowest BCUT2D eigenvalue weighted by Crippen LogP contribution is -2.29. The Labute approximate surface area is 120 Å². The van der Waals surface area contributed by atoms with Crippen molar-refractivity contribution in [3.05, 3.63) is 33.9 Å². The Morgan fingerprint density at radius 1 is 1.20 bits per heavy atom. The minimum absolute atomic E-state index is 0.221. The van der Waals surface area contributed by atoms with Crippen molar-refractivity contribution in [1.82, 2.24) is 4.90 Å². The molecule has 1 aliphatic heterocycles. The summed E-state index contributed by atoms with van der Waals surface area (Å²) in [6.45, 7) is 7.95. The second kappa shape index (κ2) is 6.22. The van der Waals surface area contributed by atoms with Crippen LogP contribution < -0.4 is 4.90 Å². The van der Waals surface area contributed by atoms with Crippen molar-refractivity contribution in [2.75, 3.05) is 38.1 Å². The molecule has 0 spiro atoms. The Hall–Kier alpha value is -1.62. The van der Waals surface area contributed by atoms with Crippen LogP contribution in [0.3, 0.4) is 0 Å². The Kier molecular flexibility index (Phi) is 4.60. The van der Waals surface area contributed by atoms with Gasteiger partial charge < -0.3 is 9.80 Å². The molecule has 0 bridgehead atoms. The number of nitro benzene ring substituents is 1. The molecule has 1 fully saturated rings. The first kappa shape index (κ1) is 14.8. The molecule has 0 aromatic heterocycles. The van der Waals surface area contributed by atoms with E-state index in [4.69, 9.17) is 0 Å². The first-order valence-corrected chi connectivity index (χ1v) is 7.21. The van der Waals surface area contributed by atoms with E-state index in [-0.39, 0.29) is 10.6 Å². The van der Waals surface area contributed by atoms with E-state index in [9.17, 15) is 10.1 Å². The normalized spacial score (nSPS) is 17.3. The molecule has 1 aromatic carbocycles. The zero-order valence-corrected chi connectivity index (χ0v) is 12.5. The highest BCUT2D eigenvalue weighted by atomic mass is 16.6. The van der Waals surface area contributed by atoms with Crippen LogP contribution in [-0.4, -0.2) is 43.0 Å². The van der Waals surface area contributed by atoms with Gasteiger partial charge in [0, 0.05) is 25.7 Å². The molecule has 1 heterocycles. The number of nitrogens with zero attached hydrogens (tertiary/aromatic N) is 3. The molecule has 5 nitrogen and oxygen atoms in total. The van der Waals surface area contributed by atoms with Gasteiger partial charge in [-0.3, -0.25) is 10.1 Å². The lowest BCUT2D eigenvalue weighted by Gasteiger charge is -2.23. The number of likely N-dealkylation sites (N-methyl/N-ethyl adjacent to an activating group) is 1. The number of hydrogen-bond acceptors (Lipinski definition) is 4. The summed E-state index contributed by atoms with van der Waals surface area (Å²) in [6, 6.07) is 5.52. The van der Waals surface area contributed by atoms with Crippen LogP contribution in [0, 0.1) is 10.1 Å². The van der Waals surface area contributed by atoms with Gasteiger partial charge in [-0.15, -0.1) is 0 Å². The van der Waals surface area contributed by atoms with E-state index in [1.165, 1.54) is 0 Å². The van der Waals surface area contributed by atoms with E-state index < -0.39 is 0 Å². The van der Waals surface area contributed by atoms with Crippen LogP contribution in [0.4, 0.5) is 11.4 Å². The van der Waals surface area contributed by atoms with Crippen LogP contribution in [-0.2, 0) is 0 Å². The summed E-state index contributed by atoms with van der Waals surface area (Å²) < 4.78 is 0. The molecule has 1 aliphatic rings. The minimum Gasteiger partial charge on any atom is -0.365 e. The number of anilines is 1. The third kappa shape index (κ3) is 3.28. The van der Waals surface area contributed by atoms with Gasteiger partial charge in [-0.05, 0) is 37.6 Å². The fourth-order valence-electron chi connectivity index (χ4n) is 2.59. The maximum atomic E-state index is 11.3. The van der Waals surface area contributed by atoms with Gasteiger partial charge in [-0.1, -0.05) is 19.9 Å². The average molecular weight is 277 g/mol. The molecule has 0 amide bonds. The largest absolute Gasteiger partial charge is 0.365 e. The molecule has 0 radical (unpaired) electrons. The van der Waals surface area contributed by atoms with Crippen molar-refractivity contribution >= 4 is 11.4 Å². The second-order valence-electron chi connectivity index (χ2n) is 5.80. The molecule has 2 rings (SSSR count). The fourth-order valence-corrected chi connectivity index (χ4v) is 2.59. The van der Waals surface area contributed by atoms with E-state index in [0.717, 1.165) is 43.9 Å². The molecular formula is C15H23N3O2. The third-order valence-corrected chi connectivity index (χ3v) is 3.92. The molecule has 20 heavy (non-hydrogen) atoms. The maximum Gasteiger partial charge on any atom is 0.292 e. The van der Waals surface area contributed by atoms with Crippen LogP contribution in [0.15, 0.2) is 18.2 Å². The molecular weight excluding hydrogens is 254 g/mol. The van der Waals surface area contributed by atoms with Gasteiger partial charge in [-0.25, -0.2) is 0 Å². The summed E-state index contributed by atoms with van der Waals surface area (Å²) >= 11 is 0. The van der Waals surface area contributed by atoms with Gasteiger partial charge in [0.05, 0.1) is 4.92 Å². The first-order chi connectivity index (χ1) is 9.49. The topological polar surface area (TPSA) is 49.6 Å². The molecule has 1 saturated heterocycles. The van der Waals surface area contributed by atoms with Crippen molar-refractivity contribution < 1.29 is 4.92 Å². The Morgan fingerprint density at radius 3 is 2.60 bits per heavy atom. The molecule has 0 N–H and O–H groups in total. The summed E-state index contributed by atoms with van der Waals surface area (Å²) in [5.41, 5.74) is 2.15. The minimum atomic E-state index is -0.270. The lowest BCUT2D eigenvalue weighted by atomic mass is 10.0. The highest BCUT2D eigenvalue weighted by Crippen LogP contribution is 2.32. The van der Waals surface area contributed by atoms with E-state index in [1.807, 2.05) is 12.1 Å². The Bertz CT molecular complexity index is 488. The highest BCUT2D eigenvalue weighted by Gasteiger charge is 2.22. The standard InChI is InChI=1S/C15H23N3O2/c1-12(2)13-5-6-14(18(19)20)15(11-13)17-8-4-7-16(3)9-10-17/h5-6,11-12H,4,7-10H2,1-3H3. The van der Waals surface area contributed by atoms with Crippen LogP contribution in [0.1, 0.15) is 31.7 Å². The molecule has 0 atom stereocenters. The molecule has 1 aromatic rings. The fraction of sp³-hybridized carbons (Fsp3) is 0.600. The third-order valence-electron chi connectivity index (χ3n) is 3.92. The molecule has 5 heteroatoms. The predicted octanol–water partition coefficient (Wildman–Crippen LogP) is 2.86. The average Bonchev–Trinajstić information content (AvgIpc) is 2.62. The first-order valence-electron chi connectivity index (χ1n) is 7.21. The number of hydrogen-bond donors (Lipinski definition) is 0. The zero-order chi connectivity index (χ0) is 14.7. The monoisotopic (exact) mass is 277 g/mol. The van der Waals surface area contributed by atoms with E-state index in [2.05, 4.69) is 30.7 Å². The smallest absolute Gasteiger partial charge is 0.292 e. The second-order valence-corrected chi connectivity index (χ2v) is 5.80. The summed E-state index contributed by atoms with van der Waals surface area (Å²) in [5.74, 6) is 0.379. The Morgan fingerprint density at radius 2 is 1.95 bits per heavy atom. The predicted molar refractivity (Wildman–Crippen MR) is 81.5 cm³/mol. The van der Waals surface area contributed by atoms with Crippen molar-refractivity contribution in [3.8, 4) is 0 Å². The van der Waals surface area contributed by atoms with Crippen molar-refractivity contribution in [3.63, 3.8) is 0 Å². The quantitative estimate of drug-likeness (QED) is 0.629. The van der Waals surface area contributed by atoms with E-state index in [1.54, 1.807) is 6.07 Å². The van der Waals surface area contributed by atoms with Crippen molar-refractivity contribution in [1.29, 1.82) is 0 Å². The zero-order valence-electron chi connectivity index (χ0n) is 12.5. The van der Waals surface area contributed by atoms with E-state index in [0.29, 0.717) is 5.92 Å². The van der Waals surface area contributed by atoms with Gasteiger partial charge >= 0.3 is 0 Å². The number of rotatable bonds is 3. The molecule has 0 aliphatic carbocycles. The van der Waals surface area contributed by atoms with E-state index >= 15 is 0 Å². The van der Waals surface area contributed by atoms with Crippen molar-refractivity contribution in [2.45, 2.75) is 26.2 Å².